The van der Waals surface area contributed by atoms with Crippen molar-refractivity contribution in [2.24, 2.45) is 5.92 Å². The van der Waals surface area contributed by atoms with E-state index in [0.29, 0.717) is 18.7 Å². The minimum Gasteiger partial charge on any atom is -0.481 e. The molecule has 0 aliphatic rings. The van der Waals surface area contributed by atoms with E-state index in [1.54, 1.807) is 12.1 Å². The second-order valence-corrected chi connectivity index (χ2v) is 5.22. The van der Waals surface area contributed by atoms with Gasteiger partial charge in [0.2, 0.25) is 0 Å². The Labute approximate surface area is 128 Å². The fourth-order valence-electron chi connectivity index (χ4n) is 2.13. The second kappa shape index (κ2) is 8.46. The molecule has 0 aliphatic carbocycles. The van der Waals surface area contributed by atoms with Crippen molar-refractivity contribution in [3.05, 3.63) is 33.3 Å². The summed E-state index contributed by atoms with van der Waals surface area (Å²) in [5, 5.41) is 22.8. The summed E-state index contributed by atoms with van der Waals surface area (Å²) in [5.74, 6) is -0.515. The van der Waals surface area contributed by atoms with Gasteiger partial charge in [-0.25, -0.2) is 0 Å². The molecule has 7 heteroatoms. The van der Waals surface area contributed by atoms with Crippen LogP contribution in [0.2, 0.25) is 5.02 Å². The van der Waals surface area contributed by atoms with E-state index in [1.807, 2.05) is 6.92 Å². The number of para-hydroxylation sites is 1. The lowest BCUT2D eigenvalue weighted by Gasteiger charge is -2.14. The standard InChI is InChI=1S/C14H19ClN2O4/c1-2-10(6-7-13(18)19)8-9-16-12-5-3-4-11(15)14(12)17(20)21/h3-5,10,16H,2,6-9H2,1H3,(H,18,19). The molecule has 0 aliphatic heterocycles. The molecule has 0 fully saturated rings. The maximum atomic E-state index is 11.0. The normalized spacial score (nSPS) is 11.9. The van der Waals surface area contributed by atoms with Gasteiger partial charge in [-0.15, -0.1) is 0 Å². The lowest BCUT2D eigenvalue weighted by molar-refractivity contribution is -0.383. The number of aliphatic carboxylic acids is 1. The van der Waals surface area contributed by atoms with Crippen LogP contribution in [0.25, 0.3) is 0 Å². The van der Waals surface area contributed by atoms with Gasteiger partial charge in [0.25, 0.3) is 0 Å². The van der Waals surface area contributed by atoms with E-state index >= 15 is 0 Å². The molecule has 0 saturated carbocycles. The number of hydrogen-bond acceptors (Lipinski definition) is 4. The number of benzene rings is 1. The summed E-state index contributed by atoms with van der Waals surface area (Å²) in [6.07, 6.45) is 2.40. The van der Waals surface area contributed by atoms with E-state index < -0.39 is 10.9 Å². The van der Waals surface area contributed by atoms with Crippen molar-refractivity contribution in [1.29, 1.82) is 0 Å². The maximum Gasteiger partial charge on any atom is 0.310 e. The SMILES string of the molecule is CCC(CCNc1cccc(Cl)c1[N+](=O)[O-])CCC(=O)O. The molecular formula is C14H19ClN2O4. The summed E-state index contributed by atoms with van der Waals surface area (Å²) in [6, 6.07) is 4.74. The van der Waals surface area contributed by atoms with Crippen LogP contribution in [-0.2, 0) is 4.79 Å². The molecule has 0 amide bonds. The van der Waals surface area contributed by atoms with E-state index in [0.717, 1.165) is 12.8 Å². The van der Waals surface area contributed by atoms with E-state index in [1.165, 1.54) is 6.07 Å². The van der Waals surface area contributed by atoms with Crippen LogP contribution in [0.3, 0.4) is 0 Å². The van der Waals surface area contributed by atoms with E-state index in [-0.39, 0.29) is 23.0 Å². The van der Waals surface area contributed by atoms with Crippen LogP contribution in [0.5, 0.6) is 0 Å². The monoisotopic (exact) mass is 314 g/mol. The zero-order valence-electron chi connectivity index (χ0n) is 11.8. The highest BCUT2D eigenvalue weighted by Gasteiger charge is 2.18. The summed E-state index contributed by atoms with van der Waals surface area (Å²) in [7, 11) is 0. The molecule has 1 aromatic rings. The first-order chi connectivity index (χ1) is 9.95. The van der Waals surface area contributed by atoms with Crippen LogP contribution >= 0.6 is 11.6 Å². The molecule has 0 heterocycles. The molecule has 0 bridgehead atoms. The van der Waals surface area contributed by atoms with Crippen molar-refractivity contribution in [2.75, 3.05) is 11.9 Å². The van der Waals surface area contributed by atoms with E-state index in [2.05, 4.69) is 5.32 Å². The van der Waals surface area contributed by atoms with Gasteiger partial charge in [-0.05, 0) is 30.9 Å². The van der Waals surface area contributed by atoms with Crippen LogP contribution in [0.1, 0.15) is 32.6 Å². The van der Waals surface area contributed by atoms with Gasteiger partial charge in [0.15, 0.2) is 0 Å². The van der Waals surface area contributed by atoms with Crippen molar-refractivity contribution >= 4 is 28.9 Å². The molecule has 0 saturated heterocycles. The second-order valence-electron chi connectivity index (χ2n) is 4.82. The Kier molecular flexibility index (Phi) is 6.94. The van der Waals surface area contributed by atoms with E-state index in [9.17, 15) is 14.9 Å². The molecular weight excluding hydrogens is 296 g/mol. The van der Waals surface area contributed by atoms with Crippen molar-refractivity contribution in [3.8, 4) is 0 Å². The molecule has 0 aromatic heterocycles. The summed E-state index contributed by atoms with van der Waals surface area (Å²) < 4.78 is 0. The number of nitro groups is 1. The molecule has 21 heavy (non-hydrogen) atoms. The largest absolute Gasteiger partial charge is 0.481 e. The molecule has 1 unspecified atom stereocenters. The zero-order chi connectivity index (χ0) is 15.8. The quantitative estimate of drug-likeness (QED) is 0.532. The minimum atomic E-state index is -0.799. The van der Waals surface area contributed by atoms with Crippen LogP contribution in [0.4, 0.5) is 11.4 Å². The molecule has 1 rings (SSSR count). The van der Waals surface area contributed by atoms with E-state index in [4.69, 9.17) is 16.7 Å². The Morgan fingerprint density at radius 1 is 1.48 bits per heavy atom. The highest BCUT2D eigenvalue weighted by atomic mass is 35.5. The molecule has 0 radical (unpaired) electrons. The Morgan fingerprint density at radius 3 is 2.76 bits per heavy atom. The number of anilines is 1. The topological polar surface area (TPSA) is 92.5 Å². The fourth-order valence-corrected chi connectivity index (χ4v) is 2.38. The molecule has 1 atom stereocenters. The number of nitrogens with zero attached hydrogens (tertiary/aromatic N) is 1. The van der Waals surface area contributed by atoms with Gasteiger partial charge in [0, 0.05) is 13.0 Å². The average molecular weight is 315 g/mol. The van der Waals surface area contributed by atoms with Crippen molar-refractivity contribution in [2.45, 2.75) is 32.6 Å². The Bertz CT molecular complexity index is 508. The third-order valence-corrected chi connectivity index (χ3v) is 3.69. The van der Waals surface area contributed by atoms with Crippen LogP contribution in [0, 0.1) is 16.0 Å². The zero-order valence-corrected chi connectivity index (χ0v) is 12.6. The number of carbonyl (C=O) groups is 1. The first kappa shape index (κ1) is 17.2. The first-order valence-corrected chi connectivity index (χ1v) is 7.22. The Hall–Kier alpha value is -1.82. The van der Waals surface area contributed by atoms with Crippen LogP contribution in [0.15, 0.2) is 18.2 Å². The number of rotatable bonds is 9. The predicted molar refractivity (Wildman–Crippen MR) is 81.9 cm³/mol. The number of nitrogens with one attached hydrogen (secondary N) is 1. The lowest BCUT2D eigenvalue weighted by atomic mass is 9.96. The van der Waals surface area contributed by atoms with Gasteiger partial charge < -0.3 is 10.4 Å². The average Bonchev–Trinajstić information content (AvgIpc) is 2.41. The summed E-state index contributed by atoms with van der Waals surface area (Å²) in [4.78, 5) is 21.0. The minimum absolute atomic E-state index is 0.0999. The Balaban J connectivity index is 2.57. The number of carboxylic acids is 1. The maximum absolute atomic E-state index is 11.0. The van der Waals surface area contributed by atoms with Gasteiger partial charge >= 0.3 is 11.7 Å². The smallest absolute Gasteiger partial charge is 0.310 e. The third-order valence-electron chi connectivity index (χ3n) is 3.38. The lowest BCUT2D eigenvalue weighted by Crippen LogP contribution is -2.11. The van der Waals surface area contributed by atoms with Crippen LogP contribution < -0.4 is 5.32 Å². The van der Waals surface area contributed by atoms with Crippen molar-refractivity contribution in [3.63, 3.8) is 0 Å². The summed E-state index contributed by atoms with van der Waals surface area (Å²) >= 11 is 5.83. The van der Waals surface area contributed by atoms with Gasteiger partial charge in [-0.1, -0.05) is 31.0 Å². The molecule has 116 valence electrons. The number of nitro benzene ring substituents is 1. The van der Waals surface area contributed by atoms with Crippen molar-refractivity contribution in [1.82, 2.24) is 0 Å². The first-order valence-electron chi connectivity index (χ1n) is 6.84. The Morgan fingerprint density at radius 2 is 2.19 bits per heavy atom. The summed E-state index contributed by atoms with van der Waals surface area (Å²) in [5.41, 5.74) is 0.262. The molecule has 2 N–H and O–H groups in total. The molecule has 6 nitrogen and oxygen atoms in total. The molecule has 1 aromatic carbocycles. The highest BCUT2D eigenvalue weighted by molar-refractivity contribution is 6.33. The van der Waals surface area contributed by atoms with Gasteiger partial charge in [-0.2, -0.15) is 0 Å². The molecule has 0 spiro atoms. The predicted octanol–water partition coefficient (Wildman–Crippen LogP) is 3.94. The fraction of sp³-hybridized carbons (Fsp3) is 0.500. The number of hydrogen-bond donors (Lipinski definition) is 2. The highest BCUT2D eigenvalue weighted by Crippen LogP contribution is 2.32. The van der Waals surface area contributed by atoms with Gasteiger partial charge in [-0.3, -0.25) is 14.9 Å². The third kappa shape index (κ3) is 5.59. The van der Waals surface area contributed by atoms with Gasteiger partial charge in [0.05, 0.1) is 4.92 Å². The van der Waals surface area contributed by atoms with Crippen LogP contribution in [-0.4, -0.2) is 22.5 Å². The van der Waals surface area contributed by atoms with Gasteiger partial charge in [0.1, 0.15) is 10.7 Å². The van der Waals surface area contributed by atoms with Crippen molar-refractivity contribution < 1.29 is 14.8 Å². The summed E-state index contributed by atoms with van der Waals surface area (Å²) in [6.45, 7) is 2.55. The number of carboxylic acid groups (broad SMARTS) is 1. The number of halogens is 1.